The van der Waals surface area contributed by atoms with Crippen LogP contribution in [0.15, 0.2) is 59.6 Å². The highest BCUT2D eigenvalue weighted by Crippen LogP contribution is 2.43. The van der Waals surface area contributed by atoms with Gasteiger partial charge in [-0.25, -0.2) is 0 Å². The first kappa shape index (κ1) is 18.6. The summed E-state index contributed by atoms with van der Waals surface area (Å²) >= 11 is 7.90. The lowest BCUT2D eigenvalue weighted by atomic mass is 9.91. The van der Waals surface area contributed by atoms with Crippen molar-refractivity contribution in [1.29, 1.82) is 0 Å². The van der Waals surface area contributed by atoms with Gasteiger partial charge >= 0.3 is 0 Å². The van der Waals surface area contributed by atoms with Crippen LogP contribution in [-0.2, 0) is 24.2 Å². The number of thiophene rings is 1. The van der Waals surface area contributed by atoms with Crippen LogP contribution in [0.5, 0.6) is 0 Å². The maximum Gasteiger partial charge on any atom is 0.249 e. The monoisotopic (exact) mass is 420 g/mol. The number of aryl methyl sites for hydroxylation is 1. The molecule has 0 radical (unpaired) electrons. The average molecular weight is 421 g/mol. The summed E-state index contributed by atoms with van der Waals surface area (Å²) in [6.45, 7) is 0.746. The van der Waals surface area contributed by atoms with E-state index in [2.05, 4.69) is 12.1 Å². The third-order valence-electron chi connectivity index (χ3n) is 5.61. The molecule has 0 N–H and O–H groups in total. The molecule has 5 rings (SSSR count). The van der Waals surface area contributed by atoms with Crippen LogP contribution < -0.4 is 4.90 Å². The van der Waals surface area contributed by atoms with Crippen molar-refractivity contribution in [2.45, 2.75) is 32.2 Å². The number of nitrogens with zero attached hydrogens (tertiary/aromatic N) is 2. The summed E-state index contributed by atoms with van der Waals surface area (Å²) in [5.41, 5.74) is 5.63. The van der Waals surface area contributed by atoms with Gasteiger partial charge in [-0.3, -0.25) is 14.7 Å². The van der Waals surface area contributed by atoms with Gasteiger partial charge in [0, 0.05) is 21.0 Å². The molecule has 0 atom stereocenters. The first-order valence-electron chi connectivity index (χ1n) is 10.0. The second kappa shape index (κ2) is 7.77. The summed E-state index contributed by atoms with van der Waals surface area (Å²) in [5.74, 6) is 0.0534. The Bertz CT molecular complexity index is 1090. The molecule has 0 unspecified atom stereocenters. The molecule has 2 aliphatic rings. The summed E-state index contributed by atoms with van der Waals surface area (Å²) in [5, 5.41) is 1.76. The van der Waals surface area contributed by atoms with Crippen LogP contribution in [0.25, 0.3) is 0 Å². The fraction of sp³-hybridized carbons (Fsp3) is 0.250. The Balaban J connectivity index is 1.66. The van der Waals surface area contributed by atoms with Gasteiger partial charge in [0.05, 0.1) is 12.3 Å². The molecule has 0 fully saturated rings. The second-order valence-corrected chi connectivity index (χ2v) is 9.05. The molecule has 2 aromatic carbocycles. The lowest BCUT2D eigenvalue weighted by Gasteiger charge is -2.21. The summed E-state index contributed by atoms with van der Waals surface area (Å²) in [6, 6.07) is 18.0. The third-order valence-corrected chi connectivity index (χ3v) is 7.18. The van der Waals surface area contributed by atoms with Crippen molar-refractivity contribution in [2.24, 2.45) is 4.99 Å². The molecule has 1 aliphatic carbocycles. The number of hydrogen-bond acceptors (Lipinski definition) is 3. The number of rotatable bonds is 3. The van der Waals surface area contributed by atoms with Crippen LogP contribution in [0.2, 0.25) is 5.02 Å². The number of carbonyl (C=O) groups excluding carboxylic acids is 1. The molecular weight excluding hydrogens is 400 g/mol. The minimum atomic E-state index is 0.0534. The second-order valence-electron chi connectivity index (χ2n) is 7.53. The third kappa shape index (κ3) is 3.52. The lowest BCUT2D eigenvalue weighted by Crippen LogP contribution is -2.31. The first-order valence-corrected chi connectivity index (χ1v) is 11.2. The van der Waals surface area contributed by atoms with Gasteiger partial charge < -0.3 is 0 Å². The predicted molar refractivity (Wildman–Crippen MR) is 121 cm³/mol. The maximum absolute atomic E-state index is 13.1. The molecule has 0 saturated heterocycles. The van der Waals surface area contributed by atoms with Crippen molar-refractivity contribution in [3.05, 3.63) is 86.8 Å². The van der Waals surface area contributed by atoms with E-state index in [0.29, 0.717) is 11.6 Å². The largest absolute Gasteiger partial charge is 0.297 e. The average Bonchev–Trinajstić information content (AvgIpc) is 3.07. The SMILES string of the molecule is O=C1CN=C(c2ccc(Cl)cc2)c2c(sc3c2CCCC3)N1Cc1ccccc1. The zero-order valence-corrected chi connectivity index (χ0v) is 17.6. The zero-order valence-electron chi connectivity index (χ0n) is 16.0. The molecule has 0 bridgehead atoms. The lowest BCUT2D eigenvalue weighted by molar-refractivity contribution is -0.117. The van der Waals surface area contributed by atoms with Crippen molar-refractivity contribution >= 4 is 39.6 Å². The number of fused-ring (bicyclic) bond motifs is 3. The van der Waals surface area contributed by atoms with Gasteiger partial charge in [0.25, 0.3) is 0 Å². The van der Waals surface area contributed by atoms with Gasteiger partial charge in [-0.15, -0.1) is 11.3 Å². The molecule has 0 spiro atoms. The highest BCUT2D eigenvalue weighted by Gasteiger charge is 2.32. The Hall–Kier alpha value is -2.43. The number of carbonyl (C=O) groups is 1. The predicted octanol–water partition coefficient (Wildman–Crippen LogP) is 5.66. The molecule has 29 heavy (non-hydrogen) atoms. The van der Waals surface area contributed by atoms with Gasteiger partial charge in [0.2, 0.25) is 5.91 Å². The van der Waals surface area contributed by atoms with Crippen LogP contribution in [-0.4, -0.2) is 18.2 Å². The zero-order chi connectivity index (χ0) is 19.8. The summed E-state index contributed by atoms with van der Waals surface area (Å²) in [6.07, 6.45) is 4.55. The Morgan fingerprint density at radius 1 is 1.00 bits per heavy atom. The van der Waals surface area contributed by atoms with Gasteiger partial charge in [-0.05, 0) is 48.9 Å². The van der Waals surface area contributed by atoms with Crippen LogP contribution in [0.1, 0.15) is 40.0 Å². The summed E-state index contributed by atoms with van der Waals surface area (Å²) in [7, 11) is 0. The highest BCUT2D eigenvalue weighted by atomic mass is 35.5. The number of halogens is 1. The van der Waals surface area contributed by atoms with E-state index in [1.807, 2.05) is 47.4 Å². The molecule has 1 amide bonds. The van der Waals surface area contributed by atoms with E-state index in [4.69, 9.17) is 16.6 Å². The minimum absolute atomic E-state index is 0.0534. The van der Waals surface area contributed by atoms with E-state index < -0.39 is 0 Å². The van der Waals surface area contributed by atoms with Crippen LogP contribution in [0.3, 0.4) is 0 Å². The molecule has 2 heterocycles. The standard InChI is InChI=1S/C24H21ClN2OS/c25-18-12-10-17(11-13-18)23-22-19-8-4-5-9-20(19)29-24(22)27(21(28)14-26-23)15-16-6-2-1-3-7-16/h1-3,6-7,10-13H,4-5,8-9,14-15H2. The maximum atomic E-state index is 13.1. The van der Waals surface area contributed by atoms with E-state index in [-0.39, 0.29) is 12.5 Å². The van der Waals surface area contributed by atoms with E-state index in [0.717, 1.165) is 40.2 Å². The first-order chi connectivity index (χ1) is 14.2. The number of anilines is 1. The molecule has 3 aromatic rings. The molecule has 3 nitrogen and oxygen atoms in total. The molecule has 146 valence electrons. The molecule has 0 saturated carbocycles. The topological polar surface area (TPSA) is 32.7 Å². The van der Waals surface area contributed by atoms with Crippen LogP contribution >= 0.6 is 22.9 Å². The van der Waals surface area contributed by atoms with E-state index in [1.54, 1.807) is 11.3 Å². The highest BCUT2D eigenvalue weighted by molar-refractivity contribution is 7.17. The van der Waals surface area contributed by atoms with Crippen molar-refractivity contribution in [3.63, 3.8) is 0 Å². The van der Waals surface area contributed by atoms with Crippen LogP contribution in [0.4, 0.5) is 5.00 Å². The van der Waals surface area contributed by atoms with Gasteiger partial charge in [-0.1, -0.05) is 54.1 Å². The fourth-order valence-electron chi connectivity index (χ4n) is 4.18. The summed E-state index contributed by atoms with van der Waals surface area (Å²) < 4.78 is 0. The Morgan fingerprint density at radius 3 is 2.55 bits per heavy atom. The van der Waals surface area contributed by atoms with E-state index in [9.17, 15) is 4.79 Å². The molecule has 5 heteroatoms. The number of benzene rings is 2. The summed E-state index contributed by atoms with van der Waals surface area (Å²) in [4.78, 5) is 21.3. The number of aliphatic imine (C=N–C) groups is 1. The number of amides is 1. The molecule has 1 aromatic heterocycles. The number of hydrogen-bond donors (Lipinski definition) is 0. The van der Waals surface area contributed by atoms with Gasteiger partial charge in [0.1, 0.15) is 11.5 Å². The normalized spacial score (nSPS) is 16.1. The van der Waals surface area contributed by atoms with Crippen molar-refractivity contribution in [2.75, 3.05) is 11.4 Å². The quantitative estimate of drug-likeness (QED) is 0.537. The van der Waals surface area contributed by atoms with Crippen LogP contribution in [0, 0.1) is 0 Å². The van der Waals surface area contributed by atoms with Gasteiger partial charge in [-0.2, -0.15) is 0 Å². The minimum Gasteiger partial charge on any atom is -0.297 e. The smallest absolute Gasteiger partial charge is 0.249 e. The Morgan fingerprint density at radius 2 is 1.76 bits per heavy atom. The van der Waals surface area contributed by atoms with E-state index >= 15 is 0 Å². The Kier molecular flexibility index (Phi) is 4.98. The van der Waals surface area contributed by atoms with Crippen molar-refractivity contribution in [1.82, 2.24) is 0 Å². The fourth-order valence-corrected chi connectivity index (χ4v) is 5.71. The van der Waals surface area contributed by atoms with E-state index in [1.165, 1.54) is 23.3 Å². The van der Waals surface area contributed by atoms with Crippen molar-refractivity contribution in [3.8, 4) is 0 Å². The molecule has 1 aliphatic heterocycles. The molecular formula is C24H21ClN2OS. The Labute approximate surface area is 179 Å². The van der Waals surface area contributed by atoms with Crippen molar-refractivity contribution < 1.29 is 4.79 Å². The van der Waals surface area contributed by atoms with Gasteiger partial charge in [0.15, 0.2) is 0 Å².